The molecule has 0 amide bonds. The van der Waals surface area contributed by atoms with Gasteiger partial charge >= 0.3 is 0 Å². The summed E-state index contributed by atoms with van der Waals surface area (Å²) in [5.74, 6) is 2.34. The van der Waals surface area contributed by atoms with E-state index in [1.54, 1.807) is 0 Å². The monoisotopic (exact) mass is 419 g/mol. The van der Waals surface area contributed by atoms with Crippen molar-refractivity contribution in [2.45, 2.75) is 56.2 Å². The Morgan fingerprint density at radius 3 is 3.00 bits per heavy atom. The molecule has 1 saturated carbocycles. The van der Waals surface area contributed by atoms with Gasteiger partial charge in [-0.15, -0.1) is 5.10 Å². The van der Waals surface area contributed by atoms with Crippen molar-refractivity contribution in [2.75, 3.05) is 31.6 Å². The van der Waals surface area contributed by atoms with Gasteiger partial charge in [0.05, 0.1) is 30.5 Å². The van der Waals surface area contributed by atoms with Gasteiger partial charge in [-0.05, 0) is 32.6 Å². The molecule has 1 saturated heterocycles. The second-order valence-corrected chi connectivity index (χ2v) is 8.96. The number of alkyl halides is 1. The number of anilines is 1. The standard InChI is InChI=1S/C19H26ClN7O2/c1-11-14-17(25-27(11)12-3-8-29-19(9-12)4-5-19)28-7-2-6-26-16-13(15(20)24-26)10-21-18(22-14)23-16/h12,15,24H,2-10H2,1H3,(H2,21,22,23)/t12-,15?/m0/s1. The van der Waals surface area contributed by atoms with Crippen molar-refractivity contribution in [2.24, 2.45) is 4.99 Å². The number of rotatable bonds is 1. The van der Waals surface area contributed by atoms with E-state index in [1.807, 2.05) is 0 Å². The molecule has 29 heavy (non-hydrogen) atoms. The van der Waals surface area contributed by atoms with Crippen LogP contribution in [-0.2, 0) is 4.74 Å². The zero-order chi connectivity index (χ0) is 19.6. The quantitative estimate of drug-likeness (QED) is 0.472. The van der Waals surface area contributed by atoms with Gasteiger partial charge in [-0.2, -0.15) is 0 Å². The molecule has 4 aliphatic heterocycles. The predicted octanol–water partition coefficient (Wildman–Crippen LogP) is 1.83. The molecule has 9 nitrogen and oxygen atoms in total. The number of hydrogen-bond donors (Lipinski definition) is 3. The Balaban J connectivity index is 1.31. The van der Waals surface area contributed by atoms with Gasteiger partial charge in [0.2, 0.25) is 5.96 Å². The summed E-state index contributed by atoms with van der Waals surface area (Å²) in [6.07, 6.45) is 5.20. The minimum atomic E-state index is -0.227. The molecule has 5 heterocycles. The number of hydrazine groups is 1. The first-order chi connectivity index (χ1) is 14.1. The van der Waals surface area contributed by atoms with Gasteiger partial charge in [-0.1, -0.05) is 11.6 Å². The Morgan fingerprint density at radius 1 is 1.24 bits per heavy atom. The number of guanidine groups is 1. The van der Waals surface area contributed by atoms with Crippen LogP contribution in [0.2, 0.25) is 0 Å². The maximum Gasteiger partial charge on any atom is 0.257 e. The topological polar surface area (TPSA) is 88.0 Å². The summed E-state index contributed by atoms with van der Waals surface area (Å²) in [5, 5.41) is 13.8. The molecule has 0 radical (unpaired) electrons. The molecule has 5 aliphatic rings. The van der Waals surface area contributed by atoms with E-state index in [0.717, 1.165) is 55.2 Å². The van der Waals surface area contributed by atoms with Crippen LogP contribution in [0.15, 0.2) is 16.4 Å². The molecule has 0 aromatic carbocycles. The maximum absolute atomic E-state index is 6.43. The van der Waals surface area contributed by atoms with Gasteiger partial charge in [-0.3, -0.25) is 9.69 Å². The smallest absolute Gasteiger partial charge is 0.257 e. The van der Waals surface area contributed by atoms with E-state index in [9.17, 15) is 0 Å². The third-order valence-corrected chi connectivity index (χ3v) is 6.90. The average Bonchev–Trinajstić information content (AvgIpc) is 3.29. The molecule has 6 rings (SSSR count). The van der Waals surface area contributed by atoms with Crippen molar-refractivity contribution in [1.29, 1.82) is 0 Å². The third-order valence-electron chi connectivity index (χ3n) is 6.54. The molecule has 3 N–H and O–H groups in total. The molecule has 2 fully saturated rings. The van der Waals surface area contributed by atoms with Gasteiger partial charge in [0.25, 0.3) is 5.88 Å². The lowest BCUT2D eigenvalue weighted by Crippen LogP contribution is -2.43. The van der Waals surface area contributed by atoms with Crippen molar-refractivity contribution < 1.29 is 9.47 Å². The Labute approximate surface area is 174 Å². The van der Waals surface area contributed by atoms with Gasteiger partial charge in [-0.25, -0.2) is 10.4 Å². The lowest BCUT2D eigenvalue weighted by molar-refractivity contribution is -0.0274. The molecule has 1 aromatic rings. The largest absolute Gasteiger partial charge is 0.475 e. The van der Waals surface area contributed by atoms with E-state index >= 15 is 0 Å². The highest BCUT2D eigenvalue weighted by Gasteiger charge is 2.48. The summed E-state index contributed by atoms with van der Waals surface area (Å²) in [6.45, 7) is 4.84. The Hall–Kier alpha value is -1.97. The van der Waals surface area contributed by atoms with Crippen LogP contribution in [0.4, 0.5) is 5.69 Å². The molecule has 10 heteroatoms. The van der Waals surface area contributed by atoms with E-state index in [-0.39, 0.29) is 11.1 Å². The van der Waals surface area contributed by atoms with Gasteiger partial charge < -0.3 is 20.1 Å². The van der Waals surface area contributed by atoms with Crippen LogP contribution in [0.1, 0.15) is 43.8 Å². The van der Waals surface area contributed by atoms with Crippen LogP contribution >= 0.6 is 11.6 Å². The highest BCUT2D eigenvalue weighted by molar-refractivity contribution is 6.22. The molecule has 2 atom stereocenters. The highest BCUT2D eigenvalue weighted by Crippen LogP contribution is 2.50. The average molecular weight is 420 g/mol. The summed E-state index contributed by atoms with van der Waals surface area (Å²) in [7, 11) is 0. The van der Waals surface area contributed by atoms with E-state index in [2.05, 4.69) is 37.7 Å². The lowest BCUT2D eigenvalue weighted by atomic mass is 10.0. The Morgan fingerprint density at radius 2 is 2.14 bits per heavy atom. The fourth-order valence-corrected chi connectivity index (χ4v) is 5.03. The Bertz CT molecular complexity index is 907. The number of aliphatic imine (C=N–C) groups is 1. The van der Waals surface area contributed by atoms with Gasteiger partial charge in [0, 0.05) is 25.1 Å². The Kier molecular flexibility index (Phi) is 4.01. The molecule has 156 valence electrons. The van der Waals surface area contributed by atoms with Gasteiger partial charge in [0.1, 0.15) is 17.0 Å². The van der Waals surface area contributed by atoms with Crippen LogP contribution in [0.3, 0.4) is 0 Å². The van der Waals surface area contributed by atoms with Crippen LogP contribution in [-0.4, -0.2) is 58.2 Å². The third kappa shape index (κ3) is 2.98. The van der Waals surface area contributed by atoms with Crippen LogP contribution in [0.25, 0.3) is 0 Å². The zero-order valence-electron chi connectivity index (χ0n) is 16.5. The summed E-state index contributed by atoms with van der Waals surface area (Å²) in [6, 6.07) is 0.346. The minimum Gasteiger partial charge on any atom is -0.475 e. The van der Waals surface area contributed by atoms with E-state index in [4.69, 9.17) is 26.2 Å². The summed E-state index contributed by atoms with van der Waals surface area (Å²) in [5.41, 5.74) is 6.19. The molecular formula is C19H26ClN7O2. The second kappa shape index (κ2) is 6.52. The van der Waals surface area contributed by atoms with Crippen molar-refractivity contribution in [3.05, 3.63) is 17.1 Å². The maximum atomic E-state index is 6.43. The molecule has 1 aliphatic carbocycles. The highest BCUT2D eigenvalue weighted by atomic mass is 35.5. The molecular weight excluding hydrogens is 394 g/mol. The number of ether oxygens (including phenoxy) is 2. The van der Waals surface area contributed by atoms with Crippen molar-refractivity contribution in [1.82, 2.24) is 25.5 Å². The molecule has 1 aromatic heterocycles. The lowest BCUT2D eigenvalue weighted by Gasteiger charge is -2.30. The number of hydrogen-bond acceptors (Lipinski definition) is 8. The number of halogens is 1. The van der Waals surface area contributed by atoms with Crippen LogP contribution in [0.5, 0.6) is 5.88 Å². The summed E-state index contributed by atoms with van der Waals surface area (Å²) < 4.78 is 14.2. The summed E-state index contributed by atoms with van der Waals surface area (Å²) in [4.78, 5) is 4.65. The molecule has 2 bridgehead atoms. The molecule has 1 spiro atoms. The first-order valence-corrected chi connectivity index (χ1v) is 10.9. The first-order valence-electron chi connectivity index (χ1n) is 10.5. The fourth-order valence-electron chi connectivity index (χ4n) is 4.74. The van der Waals surface area contributed by atoms with Crippen molar-refractivity contribution in [3.63, 3.8) is 0 Å². The molecule has 1 unspecified atom stereocenters. The fraction of sp³-hybridized carbons (Fsp3) is 0.684. The second-order valence-electron chi connectivity index (χ2n) is 8.52. The van der Waals surface area contributed by atoms with Gasteiger partial charge in [0.15, 0.2) is 0 Å². The SMILES string of the molecule is Cc1c2c(nn1[C@H]1CCOC3(CC3)C1)OCCCN1NC(Cl)C3=C1NC(=NC3)N2. The zero-order valence-corrected chi connectivity index (χ0v) is 17.3. The normalized spacial score (nSPS) is 30.0. The van der Waals surface area contributed by atoms with E-state index in [1.165, 1.54) is 12.8 Å². The first kappa shape index (κ1) is 17.9. The van der Waals surface area contributed by atoms with E-state index < -0.39 is 0 Å². The predicted molar refractivity (Wildman–Crippen MR) is 109 cm³/mol. The van der Waals surface area contributed by atoms with E-state index in [0.29, 0.717) is 31.0 Å². The van der Waals surface area contributed by atoms with Crippen molar-refractivity contribution in [3.8, 4) is 5.88 Å². The number of nitrogens with one attached hydrogen (secondary N) is 3. The van der Waals surface area contributed by atoms with Crippen LogP contribution in [0, 0.1) is 6.92 Å². The minimum absolute atomic E-state index is 0.103. The number of nitrogens with zero attached hydrogens (tertiary/aromatic N) is 4. The summed E-state index contributed by atoms with van der Waals surface area (Å²) >= 11 is 6.43. The number of aromatic nitrogens is 2. The van der Waals surface area contributed by atoms with Crippen LogP contribution < -0.4 is 20.8 Å². The number of fused-ring (bicyclic) bond motifs is 2. The van der Waals surface area contributed by atoms with Crippen molar-refractivity contribution >= 4 is 23.2 Å².